The van der Waals surface area contributed by atoms with Gasteiger partial charge in [0.05, 0.1) is 22.5 Å². The van der Waals surface area contributed by atoms with Crippen molar-refractivity contribution in [2.75, 3.05) is 89.4 Å². The summed E-state index contributed by atoms with van der Waals surface area (Å²) < 4.78 is 31.6. The van der Waals surface area contributed by atoms with Gasteiger partial charge >= 0.3 is 0 Å². The largest absolute Gasteiger partial charge is 0.394 e. The van der Waals surface area contributed by atoms with E-state index in [0.717, 1.165) is 73.3 Å². The molecule has 2 unspecified atom stereocenters. The molecule has 1 aliphatic heterocycles. The zero-order valence-corrected chi connectivity index (χ0v) is 43.7. The van der Waals surface area contributed by atoms with E-state index in [0.29, 0.717) is 46.1 Å². The van der Waals surface area contributed by atoms with Gasteiger partial charge in [0.25, 0.3) is 21.6 Å². The Bertz CT molecular complexity index is 2960. The SMILES string of the molecule is CN(C)CCC(CSc1ccccc1)Nc1ccc(S(=O)(=O)Nc2ccc(C#Cc3ccc(-c4c(-c5ccc(Cl)cc5)cn(CCC(O)CO)c4C(=O)NCCCN4CCN(C)CC4)cc3)cc2)cc1[N+](=O)[O-]. The van der Waals surface area contributed by atoms with Gasteiger partial charge in [0, 0.05) is 101 Å². The highest BCUT2D eigenvalue weighted by atomic mass is 35.5. The topological polar surface area (TPSA) is 186 Å². The standard InChI is InChI=1S/C55H63ClN8O7S2/c1-60(2)30-26-46(39-72-48-8-5-4-6-9-48)58-51-25-24-49(36-52(51)64(68)69)73(70,71)59-45-22-14-41(15-23-45)11-10-40-12-16-43(17-13-40)53-50(42-18-20-44(56)21-19-42)37-63(31-27-47(66)38-65)54(53)55(67)57-28-7-29-62-34-32-61(3)33-35-62/h4-6,8-9,12-25,36-37,46-47,58-59,65-66H,7,26-35,38-39H2,1-3H3,(H,57,67). The average Bonchev–Trinajstić information content (AvgIpc) is 3.78. The number of anilines is 2. The number of nitro benzene ring substituents is 1. The van der Waals surface area contributed by atoms with E-state index >= 15 is 0 Å². The number of benzene rings is 5. The summed E-state index contributed by atoms with van der Waals surface area (Å²) in [6.45, 7) is 6.03. The Kier molecular flexibility index (Phi) is 19.5. The molecule has 2 heterocycles. The summed E-state index contributed by atoms with van der Waals surface area (Å²) in [6, 6.07) is 35.1. The van der Waals surface area contributed by atoms with Gasteiger partial charge in [0.2, 0.25) is 0 Å². The van der Waals surface area contributed by atoms with Crippen molar-refractivity contribution in [3.05, 3.63) is 159 Å². The van der Waals surface area contributed by atoms with Gasteiger partial charge in [0.15, 0.2) is 0 Å². The fraction of sp³-hybridized carbons (Fsp3) is 0.327. The predicted molar refractivity (Wildman–Crippen MR) is 293 cm³/mol. The van der Waals surface area contributed by atoms with E-state index in [1.165, 1.54) is 12.1 Å². The maximum Gasteiger partial charge on any atom is 0.293 e. The monoisotopic (exact) mass is 1050 g/mol. The summed E-state index contributed by atoms with van der Waals surface area (Å²) in [6.07, 6.45) is 2.70. The van der Waals surface area contributed by atoms with Crippen LogP contribution in [0.1, 0.15) is 40.9 Å². The van der Waals surface area contributed by atoms with Gasteiger partial charge in [-0.3, -0.25) is 19.6 Å². The molecular formula is C55H63ClN8O7S2. The third kappa shape index (κ3) is 15.7. The van der Waals surface area contributed by atoms with Crippen LogP contribution in [-0.2, 0) is 16.6 Å². The van der Waals surface area contributed by atoms with Crippen molar-refractivity contribution >= 4 is 56.4 Å². The Labute approximate surface area is 437 Å². The molecule has 15 nitrogen and oxygen atoms in total. The first kappa shape index (κ1) is 54.6. The van der Waals surface area contributed by atoms with Crippen LogP contribution in [0.2, 0.25) is 5.02 Å². The minimum Gasteiger partial charge on any atom is -0.394 e. The number of nitrogens with zero attached hydrogens (tertiary/aromatic N) is 5. The lowest BCUT2D eigenvalue weighted by Gasteiger charge is -2.32. The number of rotatable bonds is 23. The number of halogens is 1. The summed E-state index contributed by atoms with van der Waals surface area (Å²) in [4.78, 5) is 33.6. The highest BCUT2D eigenvalue weighted by Crippen LogP contribution is 2.38. The minimum absolute atomic E-state index is 0.133. The summed E-state index contributed by atoms with van der Waals surface area (Å²) in [5.41, 5.74) is 5.02. The number of nitrogens with one attached hydrogen (secondary N) is 3. The van der Waals surface area contributed by atoms with E-state index in [-0.39, 0.29) is 46.9 Å². The number of sulfonamides is 1. The molecule has 1 amide bonds. The van der Waals surface area contributed by atoms with Crippen LogP contribution in [0.15, 0.2) is 137 Å². The second-order valence-corrected chi connectivity index (χ2v) is 21.6. The molecule has 5 aromatic carbocycles. The van der Waals surface area contributed by atoms with Crippen LogP contribution in [0, 0.1) is 22.0 Å². The maximum absolute atomic E-state index is 14.3. The number of carbonyl (C=O) groups is 1. The zero-order valence-electron chi connectivity index (χ0n) is 41.3. The molecule has 0 saturated carbocycles. The highest BCUT2D eigenvalue weighted by Gasteiger charge is 2.26. The molecule has 0 spiro atoms. The molecule has 0 aliphatic carbocycles. The number of aliphatic hydroxyl groups excluding tert-OH is 2. The fourth-order valence-corrected chi connectivity index (χ4v) is 10.6. The Morgan fingerprint density at radius 1 is 0.877 bits per heavy atom. The van der Waals surface area contributed by atoms with Crippen LogP contribution in [-0.4, -0.2) is 140 Å². The van der Waals surface area contributed by atoms with Crippen LogP contribution in [0.25, 0.3) is 22.3 Å². The van der Waals surface area contributed by atoms with E-state index < -0.39 is 27.7 Å². The summed E-state index contributed by atoms with van der Waals surface area (Å²) in [5.74, 6) is 6.71. The van der Waals surface area contributed by atoms with Crippen molar-refractivity contribution in [2.45, 2.75) is 47.7 Å². The van der Waals surface area contributed by atoms with E-state index in [9.17, 15) is 33.5 Å². The van der Waals surface area contributed by atoms with E-state index in [2.05, 4.69) is 44.0 Å². The Morgan fingerprint density at radius 2 is 1.53 bits per heavy atom. The summed E-state index contributed by atoms with van der Waals surface area (Å²) in [7, 11) is 1.84. The summed E-state index contributed by atoms with van der Waals surface area (Å²) >= 11 is 7.94. The molecule has 0 radical (unpaired) electrons. The smallest absolute Gasteiger partial charge is 0.293 e. The van der Waals surface area contributed by atoms with Gasteiger partial charge in [0.1, 0.15) is 11.4 Å². The lowest BCUT2D eigenvalue weighted by atomic mass is 9.95. The molecule has 1 saturated heterocycles. The molecule has 0 bridgehead atoms. The van der Waals surface area contributed by atoms with Crippen LogP contribution < -0.4 is 15.4 Å². The number of likely N-dealkylation sites (N-methyl/N-ethyl adjacent to an activating group) is 1. The molecule has 1 aromatic heterocycles. The molecule has 7 rings (SSSR count). The number of aryl methyl sites for hydroxylation is 1. The molecule has 73 heavy (non-hydrogen) atoms. The number of hydrogen-bond acceptors (Lipinski definition) is 12. The number of aromatic nitrogens is 1. The third-order valence-electron chi connectivity index (χ3n) is 12.5. The average molecular weight is 1050 g/mol. The van der Waals surface area contributed by atoms with Gasteiger partial charge in [-0.2, -0.15) is 0 Å². The summed E-state index contributed by atoms with van der Waals surface area (Å²) in [5, 5.41) is 39.3. The van der Waals surface area contributed by atoms with Gasteiger partial charge < -0.3 is 40.1 Å². The number of thioether (sulfide) groups is 1. The van der Waals surface area contributed by atoms with Crippen LogP contribution in [0.3, 0.4) is 0 Å². The Morgan fingerprint density at radius 3 is 2.18 bits per heavy atom. The quantitative estimate of drug-likeness (QED) is 0.0136. The molecule has 384 valence electrons. The Balaban J connectivity index is 1.06. The lowest BCUT2D eigenvalue weighted by molar-refractivity contribution is -0.384. The van der Waals surface area contributed by atoms with Gasteiger partial charge in [-0.25, -0.2) is 8.42 Å². The molecular weight excluding hydrogens is 984 g/mol. The lowest BCUT2D eigenvalue weighted by Crippen LogP contribution is -2.45. The van der Waals surface area contributed by atoms with Crippen LogP contribution >= 0.6 is 23.4 Å². The molecule has 6 aromatic rings. The fourth-order valence-electron chi connectivity index (χ4n) is 8.35. The van der Waals surface area contributed by atoms with Crippen molar-refractivity contribution in [3.8, 4) is 34.1 Å². The number of amides is 1. The highest BCUT2D eigenvalue weighted by molar-refractivity contribution is 7.99. The van der Waals surface area contributed by atoms with E-state index in [1.807, 2.05) is 96.5 Å². The Hall–Kier alpha value is -6.20. The van der Waals surface area contributed by atoms with Crippen LogP contribution in [0.4, 0.5) is 17.1 Å². The third-order valence-corrected chi connectivity index (χ3v) is 15.3. The second kappa shape index (κ2) is 26.1. The van der Waals surface area contributed by atoms with E-state index in [1.54, 1.807) is 48.2 Å². The van der Waals surface area contributed by atoms with Crippen molar-refractivity contribution in [1.82, 2.24) is 24.6 Å². The number of hydrogen-bond donors (Lipinski definition) is 5. The van der Waals surface area contributed by atoms with Crippen molar-refractivity contribution in [3.63, 3.8) is 0 Å². The number of nitro groups is 1. The van der Waals surface area contributed by atoms with Crippen molar-refractivity contribution in [1.29, 1.82) is 0 Å². The normalized spacial score (nSPS) is 14.0. The molecule has 5 N–H and O–H groups in total. The molecule has 1 fully saturated rings. The first-order valence-corrected chi connectivity index (χ1v) is 27.1. The molecule has 18 heteroatoms. The van der Waals surface area contributed by atoms with Gasteiger partial charge in [-0.15, -0.1) is 11.8 Å². The second-order valence-electron chi connectivity index (χ2n) is 18.3. The first-order valence-electron chi connectivity index (χ1n) is 24.3. The maximum atomic E-state index is 14.3. The number of piperazine rings is 1. The van der Waals surface area contributed by atoms with E-state index in [4.69, 9.17) is 11.6 Å². The zero-order chi connectivity index (χ0) is 51.9. The molecule has 2 atom stereocenters. The van der Waals surface area contributed by atoms with Gasteiger partial charge in [-0.05, 0) is 137 Å². The van der Waals surface area contributed by atoms with Gasteiger partial charge in [-0.1, -0.05) is 65.9 Å². The van der Waals surface area contributed by atoms with Crippen molar-refractivity contribution in [2.24, 2.45) is 0 Å². The molecule has 1 aliphatic rings. The predicted octanol–water partition coefficient (Wildman–Crippen LogP) is 8.22. The minimum atomic E-state index is -4.21. The first-order chi connectivity index (χ1) is 35.1. The number of aliphatic hydroxyl groups is 2. The van der Waals surface area contributed by atoms with Crippen molar-refractivity contribution < 1.29 is 28.3 Å². The number of carbonyl (C=O) groups excluding carboxylic acids is 1. The van der Waals surface area contributed by atoms with Crippen LogP contribution in [0.5, 0.6) is 0 Å².